The van der Waals surface area contributed by atoms with Gasteiger partial charge in [-0.2, -0.15) is 5.10 Å². The SMILES string of the molecule is Cc1ccc(C)n1[C@@H](C)C(=O)N1CCC(Nc2cccnn2)CC1. The first-order valence-corrected chi connectivity index (χ1v) is 8.53. The van der Waals surface area contributed by atoms with Crippen LogP contribution in [0.2, 0.25) is 0 Å². The van der Waals surface area contributed by atoms with Crippen LogP contribution in [0.3, 0.4) is 0 Å². The molecule has 3 rings (SSSR count). The molecular weight excluding hydrogens is 302 g/mol. The van der Waals surface area contributed by atoms with Gasteiger partial charge in [-0.05, 0) is 57.9 Å². The number of rotatable bonds is 4. The number of aryl methyl sites for hydroxylation is 2. The molecule has 1 aliphatic rings. The first-order valence-electron chi connectivity index (χ1n) is 8.53. The number of likely N-dealkylation sites (tertiary alicyclic amines) is 1. The molecule has 1 N–H and O–H groups in total. The lowest BCUT2D eigenvalue weighted by Gasteiger charge is -2.34. The summed E-state index contributed by atoms with van der Waals surface area (Å²) in [4.78, 5) is 14.8. The van der Waals surface area contributed by atoms with Crippen molar-refractivity contribution in [3.63, 3.8) is 0 Å². The van der Waals surface area contributed by atoms with Crippen LogP contribution in [-0.2, 0) is 4.79 Å². The van der Waals surface area contributed by atoms with Gasteiger partial charge in [0.2, 0.25) is 5.91 Å². The molecule has 1 atom stereocenters. The van der Waals surface area contributed by atoms with E-state index in [0.717, 1.165) is 43.1 Å². The molecule has 0 radical (unpaired) electrons. The van der Waals surface area contributed by atoms with E-state index >= 15 is 0 Å². The van der Waals surface area contributed by atoms with Gasteiger partial charge in [-0.3, -0.25) is 4.79 Å². The number of carbonyl (C=O) groups excluding carboxylic acids is 1. The highest BCUT2D eigenvalue weighted by molar-refractivity contribution is 5.80. The minimum absolute atomic E-state index is 0.149. The summed E-state index contributed by atoms with van der Waals surface area (Å²) in [7, 11) is 0. The molecular formula is C18H25N5O. The summed E-state index contributed by atoms with van der Waals surface area (Å²) < 4.78 is 2.12. The Labute approximate surface area is 142 Å². The number of hydrogen-bond acceptors (Lipinski definition) is 4. The van der Waals surface area contributed by atoms with Crippen LogP contribution in [0.25, 0.3) is 0 Å². The molecule has 1 fully saturated rings. The van der Waals surface area contributed by atoms with Crippen molar-refractivity contribution in [3.05, 3.63) is 41.9 Å². The van der Waals surface area contributed by atoms with Crippen LogP contribution in [-0.4, -0.2) is 44.7 Å². The molecule has 0 saturated carbocycles. The molecule has 128 valence electrons. The molecule has 6 nitrogen and oxygen atoms in total. The second-order valence-corrected chi connectivity index (χ2v) is 6.51. The fourth-order valence-electron chi connectivity index (χ4n) is 3.50. The quantitative estimate of drug-likeness (QED) is 0.937. The van der Waals surface area contributed by atoms with E-state index in [0.29, 0.717) is 6.04 Å². The minimum atomic E-state index is -0.149. The van der Waals surface area contributed by atoms with Crippen LogP contribution in [0.15, 0.2) is 30.5 Å². The Bertz CT molecular complexity index is 669. The predicted molar refractivity (Wildman–Crippen MR) is 93.9 cm³/mol. The maximum Gasteiger partial charge on any atom is 0.245 e. The smallest absolute Gasteiger partial charge is 0.245 e. The molecule has 1 amide bonds. The highest BCUT2D eigenvalue weighted by Gasteiger charge is 2.27. The van der Waals surface area contributed by atoms with Crippen molar-refractivity contribution in [1.29, 1.82) is 0 Å². The molecule has 6 heteroatoms. The van der Waals surface area contributed by atoms with Gasteiger partial charge in [0.15, 0.2) is 0 Å². The van der Waals surface area contributed by atoms with Gasteiger partial charge in [0.1, 0.15) is 11.9 Å². The lowest BCUT2D eigenvalue weighted by atomic mass is 10.0. The van der Waals surface area contributed by atoms with Gasteiger partial charge in [0.05, 0.1) is 0 Å². The number of aromatic nitrogens is 3. The van der Waals surface area contributed by atoms with Gasteiger partial charge < -0.3 is 14.8 Å². The van der Waals surface area contributed by atoms with Gasteiger partial charge in [-0.1, -0.05) is 0 Å². The van der Waals surface area contributed by atoms with Crippen LogP contribution < -0.4 is 5.32 Å². The van der Waals surface area contributed by atoms with Crippen LogP contribution >= 0.6 is 0 Å². The molecule has 0 spiro atoms. The Kier molecular flexibility index (Phi) is 4.83. The Hall–Kier alpha value is -2.37. The van der Waals surface area contributed by atoms with E-state index < -0.39 is 0 Å². The molecule has 2 aromatic heterocycles. The van der Waals surface area contributed by atoms with Crippen molar-refractivity contribution in [1.82, 2.24) is 19.7 Å². The monoisotopic (exact) mass is 327 g/mol. The van der Waals surface area contributed by atoms with Gasteiger partial charge in [0.25, 0.3) is 0 Å². The van der Waals surface area contributed by atoms with E-state index in [2.05, 4.69) is 32.2 Å². The fraction of sp³-hybridized carbons (Fsp3) is 0.500. The third-order valence-electron chi connectivity index (χ3n) is 4.80. The van der Waals surface area contributed by atoms with Crippen LogP contribution in [0.5, 0.6) is 0 Å². The molecule has 0 aliphatic carbocycles. The Morgan fingerprint density at radius 1 is 1.21 bits per heavy atom. The largest absolute Gasteiger partial charge is 0.366 e. The Balaban J connectivity index is 1.57. The van der Waals surface area contributed by atoms with Gasteiger partial charge in [0, 0.05) is 36.7 Å². The third kappa shape index (κ3) is 3.42. The number of carbonyl (C=O) groups is 1. The van der Waals surface area contributed by atoms with Gasteiger partial charge in [-0.15, -0.1) is 5.10 Å². The lowest BCUT2D eigenvalue weighted by molar-refractivity contribution is -0.135. The second-order valence-electron chi connectivity index (χ2n) is 6.51. The zero-order valence-electron chi connectivity index (χ0n) is 14.6. The number of hydrogen-bond donors (Lipinski definition) is 1. The molecule has 2 aromatic rings. The third-order valence-corrected chi connectivity index (χ3v) is 4.80. The highest BCUT2D eigenvalue weighted by Crippen LogP contribution is 2.21. The minimum Gasteiger partial charge on any atom is -0.366 e. The maximum atomic E-state index is 12.8. The van der Waals surface area contributed by atoms with E-state index in [1.807, 2.05) is 37.8 Å². The molecule has 0 aromatic carbocycles. The summed E-state index contributed by atoms with van der Waals surface area (Å²) in [6, 6.07) is 8.12. The van der Waals surface area contributed by atoms with Gasteiger partial charge in [-0.25, -0.2) is 0 Å². The maximum absolute atomic E-state index is 12.8. The van der Waals surface area contributed by atoms with E-state index in [1.54, 1.807) is 6.20 Å². The molecule has 1 aliphatic heterocycles. The van der Waals surface area contributed by atoms with Crippen molar-refractivity contribution in [2.75, 3.05) is 18.4 Å². The van der Waals surface area contributed by atoms with E-state index in [9.17, 15) is 4.79 Å². The van der Waals surface area contributed by atoms with E-state index in [1.165, 1.54) is 0 Å². The van der Waals surface area contributed by atoms with Gasteiger partial charge >= 0.3 is 0 Å². The molecule has 3 heterocycles. The molecule has 0 bridgehead atoms. The molecule has 0 unspecified atom stereocenters. The van der Waals surface area contributed by atoms with Crippen molar-refractivity contribution in [3.8, 4) is 0 Å². The first-order chi connectivity index (χ1) is 11.6. The average molecular weight is 327 g/mol. The summed E-state index contributed by atoms with van der Waals surface area (Å²) >= 11 is 0. The number of amides is 1. The lowest BCUT2D eigenvalue weighted by Crippen LogP contribution is -2.45. The number of anilines is 1. The Morgan fingerprint density at radius 2 is 1.88 bits per heavy atom. The molecule has 1 saturated heterocycles. The zero-order valence-corrected chi connectivity index (χ0v) is 14.6. The standard InChI is InChI=1S/C18H25N5O/c1-13-6-7-14(2)23(13)15(3)18(24)22-11-8-16(9-12-22)20-17-5-4-10-19-21-17/h4-7,10,15-16H,8-9,11-12H2,1-3H3,(H,20,21)/t15-/m0/s1. The fourth-order valence-corrected chi connectivity index (χ4v) is 3.50. The van der Waals surface area contributed by atoms with Crippen molar-refractivity contribution < 1.29 is 4.79 Å². The molecule has 24 heavy (non-hydrogen) atoms. The Morgan fingerprint density at radius 3 is 2.46 bits per heavy atom. The van der Waals surface area contributed by atoms with Crippen molar-refractivity contribution >= 4 is 11.7 Å². The summed E-state index contributed by atoms with van der Waals surface area (Å²) in [6.07, 6.45) is 3.52. The van der Waals surface area contributed by atoms with Crippen molar-refractivity contribution in [2.45, 2.75) is 45.7 Å². The first kappa shape index (κ1) is 16.5. The summed E-state index contributed by atoms with van der Waals surface area (Å²) in [5.41, 5.74) is 2.26. The van der Waals surface area contributed by atoms with E-state index in [-0.39, 0.29) is 11.9 Å². The summed E-state index contributed by atoms with van der Waals surface area (Å²) in [6.45, 7) is 7.65. The summed E-state index contributed by atoms with van der Waals surface area (Å²) in [5.74, 6) is 1.00. The normalized spacial score (nSPS) is 16.9. The van der Waals surface area contributed by atoms with Crippen molar-refractivity contribution in [2.24, 2.45) is 0 Å². The summed E-state index contributed by atoms with van der Waals surface area (Å²) in [5, 5.41) is 11.3. The highest BCUT2D eigenvalue weighted by atomic mass is 16.2. The predicted octanol–water partition coefficient (Wildman–Crippen LogP) is 2.56. The zero-order chi connectivity index (χ0) is 17.1. The average Bonchev–Trinajstić information content (AvgIpc) is 2.94. The number of nitrogens with one attached hydrogen (secondary N) is 1. The topological polar surface area (TPSA) is 63.1 Å². The van der Waals surface area contributed by atoms with Crippen LogP contribution in [0.4, 0.5) is 5.82 Å². The second kappa shape index (κ2) is 7.03. The van der Waals surface area contributed by atoms with Crippen LogP contribution in [0.1, 0.15) is 37.2 Å². The number of piperidine rings is 1. The number of nitrogens with zero attached hydrogens (tertiary/aromatic N) is 4. The van der Waals surface area contributed by atoms with Crippen LogP contribution in [0, 0.1) is 13.8 Å². The van der Waals surface area contributed by atoms with E-state index in [4.69, 9.17) is 0 Å².